The van der Waals surface area contributed by atoms with Gasteiger partial charge in [0.2, 0.25) is 0 Å². The van der Waals surface area contributed by atoms with E-state index >= 15 is 0 Å². The summed E-state index contributed by atoms with van der Waals surface area (Å²) in [5.41, 5.74) is 0. The summed E-state index contributed by atoms with van der Waals surface area (Å²) in [7, 11) is 1.81. The van der Waals surface area contributed by atoms with E-state index in [4.69, 9.17) is 9.47 Å². The molecule has 0 saturated heterocycles. The molecule has 1 N–H and O–H groups in total. The Hall–Kier alpha value is -0.120. The van der Waals surface area contributed by atoms with E-state index in [-0.39, 0.29) is 0 Å². The summed E-state index contributed by atoms with van der Waals surface area (Å²) in [5.74, 6) is 0. The fraction of sp³-hybridized carbons (Fsp3) is 1.00. The minimum atomic E-state index is 0.413. The van der Waals surface area contributed by atoms with Gasteiger partial charge < -0.3 is 14.8 Å². The lowest BCUT2D eigenvalue weighted by Crippen LogP contribution is -2.33. The first kappa shape index (κ1) is 16.9. The third-order valence-corrected chi connectivity index (χ3v) is 4.10. The summed E-state index contributed by atoms with van der Waals surface area (Å²) in [5, 5.41) is 3.55. The first-order valence-electron chi connectivity index (χ1n) is 8.14. The van der Waals surface area contributed by atoms with E-state index in [0.29, 0.717) is 18.2 Å². The maximum atomic E-state index is 5.95. The van der Waals surface area contributed by atoms with Gasteiger partial charge in [-0.1, -0.05) is 26.2 Å². The zero-order valence-corrected chi connectivity index (χ0v) is 13.1. The first-order valence-corrected chi connectivity index (χ1v) is 8.14. The van der Waals surface area contributed by atoms with Gasteiger partial charge >= 0.3 is 0 Å². The monoisotopic (exact) mass is 271 g/mol. The minimum absolute atomic E-state index is 0.413. The SMILES string of the molecule is CCCCCC(C)NCCOC1CCCC(OC)C1. The molecule has 1 aliphatic carbocycles. The van der Waals surface area contributed by atoms with Crippen LogP contribution < -0.4 is 5.32 Å². The molecule has 1 fully saturated rings. The largest absolute Gasteiger partial charge is 0.381 e. The molecule has 1 rings (SSSR count). The van der Waals surface area contributed by atoms with E-state index in [0.717, 1.165) is 19.6 Å². The van der Waals surface area contributed by atoms with Crippen molar-refractivity contribution in [2.24, 2.45) is 0 Å². The van der Waals surface area contributed by atoms with Crippen LogP contribution >= 0.6 is 0 Å². The maximum Gasteiger partial charge on any atom is 0.0600 e. The Morgan fingerprint density at radius 3 is 2.74 bits per heavy atom. The van der Waals surface area contributed by atoms with E-state index in [1.165, 1.54) is 44.9 Å². The molecule has 0 spiro atoms. The molecule has 0 aliphatic heterocycles. The number of hydrogen-bond donors (Lipinski definition) is 1. The highest BCUT2D eigenvalue weighted by Gasteiger charge is 2.21. The third kappa shape index (κ3) is 7.91. The Balaban J connectivity index is 1.97. The van der Waals surface area contributed by atoms with Crippen LogP contribution in [0.25, 0.3) is 0 Å². The highest BCUT2D eigenvalue weighted by atomic mass is 16.5. The molecule has 3 unspecified atom stereocenters. The average Bonchev–Trinajstić information content (AvgIpc) is 2.44. The Bertz CT molecular complexity index is 211. The molecule has 3 atom stereocenters. The Labute approximate surface area is 119 Å². The predicted molar refractivity (Wildman–Crippen MR) is 80.6 cm³/mol. The summed E-state index contributed by atoms with van der Waals surface area (Å²) in [6.07, 6.45) is 10.8. The van der Waals surface area contributed by atoms with Crippen molar-refractivity contribution in [1.82, 2.24) is 5.32 Å². The van der Waals surface area contributed by atoms with Crippen molar-refractivity contribution in [3.63, 3.8) is 0 Å². The summed E-state index contributed by atoms with van der Waals surface area (Å²) in [6, 6.07) is 0.619. The fourth-order valence-corrected chi connectivity index (χ4v) is 2.80. The number of methoxy groups -OCH3 is 1. The summed E-state index contributed by atoms with van der Waals surface area (Å²) < 4.78 is 11.4. The van der Waals surface area contributed by atoms with E-state index in [1.54, 1.807) is 0 Å². The first-order chi connectivity index (χ1) is 9.26. The van der Waals surface area contributed by atoms with Crippen molar-refractivity contribution in [1.29, 1.82) is 0 Å². The normalized spacial score (nSPS) is 25.4. The second-order valence-electron chi connectivity index (χ2n) is 5.87. The van der Waals surface area contributed by atoms with Gasteiger partial charge in [0.05, 0.1) is 18.8 Å². The maximum absolute atomic E-state index is 5.95. The quantitative estimate of drug-likeness (QED) is 0.617. The van der Waals surface area contributed by atoms with Gasteiger partial charge in [0.25, 0.3) is 0 Å². The van der Waals surface area contributed by atoms with Gasteiger partial charge in [-0.2, -0.15) is 0 Å². The molecule has 0 radical (unpaired) electrons. The molecule has 0 bridgehead atoms. The predicted octanol–water partition coefficient (Wildman–Crippen LogP) is 3.52. The van der Waals surface area contributed by atoms with Crippen molar-refractivity contribution in [2.45, 2.75) is 83.5 Å². The molecule has 3 nitrogen and oxygen atoms in total. The van der Waals surface area contributed by atoms with Crippen LogP contribution in [-0.2, 0) is 9.47 Å². The van der Waals surface area contributed by atoms with Gasteiger partial charge in [-0.15, -0.1) is 0 Å². The molecule has 0 aromatic carbocycles. The third-order valence-electron chi connectivity index (χ3n) is 4.10. The smallest absolute Gasteiger partial charge is 0.0600 e. The molecule has 1 saturated carbocycles. The topological polar surface area (TPSA) is 30.5 Å². The standard InChI is InChI=1S/C16H33NO2/c1-4-5-6-8-14(2)17-11-12-19-16-10-7-9-15(13-16)18-3/h14-17H,4-13H2,1-3H3. The summed E-state index contributed by atoms with van der Waals surface area (Å²) >= 11 is 0. The van der Waals surface area contributed by atoms with E-state index in [2.05, 4.69) is 19.2 Å². The number of ether oxygens (including phenoxy) is 2. The molecule has 19 heavy (non-hydrogen) atoms. The lowest BCUT2D eigenvalue weighted by molar-refractivity contribution is -0.0285. The molecular formula is C16H33NO2. The minimum Gasteiger partial charge on any atom is -0.381 e. The van der Waals surface area contributed by atoms with Crippen LogP contribution in [0, 0.1) is 0 Å². The summed E-state index contributed by atoms with van der Waals surface area (Å²) in [4.78, 5) is 0. The van der Waals surface area contributed by atoms with Gasteiger partial charge in [-0.05, 0) is 39.0 Å². The van der Waals surface area contributed by atoms with Crippen LogP contribution in [0.15, 0.2) is 0 Å². The fourth-order valence-electron chi connectivity index (χ4n) is 2.80. The number of nitrogens with one attached hydrogen (secondary N) is 1. The van der Waals surface area contributed by atoms with Crippen LogP contribution in [0.1, 0.15) is 65.2 Å². The van der Waals surface area contributed by atoms with E-state index in [9.17, 15) is 0 Å². The zero-order chi connectivity index (χ0) is 13.9. The molecule has 0 aromatic rings. The zero-order valence-electron chi connectivity index (χ0n) is 13.1. The van der Waals surface area contributed by atoms with Gasteiger partial charge in [-0.3, -0.25) is 0 Å². The highest BCUT2D eigenvalue weighted by Crippen LogP contribution is 2.22. The number of unbranched alkanes of at least 4 members (excludes halogenated alkanes) is 2. The average molecular weight is 271 g/mol. The lowest BCUT2D eigenvalue weighted by atomic mass is 9.95. The number of rotatable bonds is 10. The van der Waals surface area contributed by atoms with Crippen molar-refractivity contribution >= 4 is 0 Å². The second-order valence-corrected chi connectivity index (χ2v) is 5.87. The van der Waals surface area contributed by atoms with Gasteiger partial charge in [0.1, 0.15) is 0 Å². The Morgan fingerprint density at radius 1 is 1.21 bits per heavy atom. The molecule has 0 amide bonds. The van der Waals surface area contributed by atoms with Crippen molar-refractivity contribution < 1.29 is 9.47 Å². The van der Waals surface area contributed by atoms with Gasteiger partial charge in [-0.25, -0.2) is 0 Å². The van der Waals surface area contributed by atoms with Crippen LogP contribution in [-0.4, -0.2) is 38.5 Å². The van der Waals surface area contributed by atoms with Crippen molar-refractivity contribution in [3.8, 4) is 0 Å². The van der Waals surface area contributed by atoms with Gasteiger partial charge in [0, 0.05) is 19.7 Å². The van der Waals surface area contributed by atoms with E-state index < -0.39 is 0 Å². The molecule has 0 heterocycles. The summed E-state index contributed by atoms with van der Waals surface area (Å²) in [6.45, 7) is 6.33. The number of hydrogen-bond acceptors (Lipinski definition) is 3. The van der Waals surface area contributed by atoms with Crippen LogP contribution in [0.3, 0.4) is 0 Å². The lowest BCUT2D eigenvalue weighted by Gasteiger charge is -2.28. The Morgan fingerprint density at radius 2 is 2.00 bits per heavy atom. The highest BCUT2D eigenvalue weighted by molar-refractivity contribution is 4.73. The van der Waals surface area contributed by atoms with Crippen LogP contribution in [0.2, 0.25) is 0 Å². The van der Waals surface area contributed by atoms with Crippen LogP contribution in [0.5, 0.6) is 0 Å². The van der Waals surface area contributed by atoms with Crippen molar-refractivity contribution in [3.05, 3.63) is 0 Å². The molecule has 1 aliphatic rings. The molecule has 3 heteroatoms. The van der Waals surface area contributed by atoms with Crippen LogP contribution in [0.4, 0.5) is 0 Å². The van der Waals surface area contributed by atoms with Gasteiger partial charge in [0.15, 0.2) is 0 Å². The Kier molecular flexibility index (Phi) is 9.48. The van der Waals surface area contributed by atoms with Crippen molar-refractivity contribution in [2.75, 3.05) is 20.3 Å². The molecule has 114 valence electrons. The van der Waals surface area contributed by atoms with E-state index in [1.807, 2.05) is 7.11 Å². The molecule has 0 aromatic heterocycles. The molecular weight excluding hydrogens is 238 g/mol. The second kappa shape index (κ2) is 10.6.